The van der Waals surface area contributed by atoms with E-state index in [9.17, 15) is 0 Å². The van der Waals surface area contributed by atoms with E-state index in [0.717, 1.165) is 6.67 Å². The molecule has 1 aromatic heterocycles. The molecule has 0 atom stereocenters. The van der Waals surface area contributed by atoms with E-state index in [4.69, 9.17) is 0 Å². The molecule has 0 aliphatic carbocycles. The average Bonchev–Trinajstić information content (AvgIpc) is 3.02. The molecule has 3 aromatic rings. The first-order valence-electron chi connectivity index (χ1n) is 6.58. The zero-order valence-corrected chi connectivity index (χ0v) is 13.4. The van der Waals surface area contributed by atoms with Gasteiger partial charge in [0.05, 0.1) is 16.8 Å². The van der Waals surface area contributed by atoms with Gasteiger partial charge in [-0.1, -0.05) is 47.4 Å². The molecule has 104 valence electrons. The van der Waals surface area contributed by atoms with Crippen molar-refractivity contribution in [3.63, 3.8) is 0 Å². The van der Waals surface area contributed by atoms with Gasteiger partial charge in [0.2, 0.25) is 12.2 Å². The summed E-state index contributed by atoms with van der Waals surface area (Å²) in [5, 5.41) is 2.69. The van der Waals surface area contributed by atoms with Crippen LogP contribution in [0.15, 0.2) is 58.5 Å². The van der Waals surface area contributed by atoms with Crippen LogP contribution in [0.2, 0.25) is 0 Å². The molecule has 0 spiro atoms. The van der Waals surface area contributed by atoms with Gasteiger partial charge in [0, 0.05) is 11.0 Å². The molecule has 2 aliphatic heterocycles. The van der Waals surface area contributed by atoms with Crippen LogP contribution in [-0.2, 0) is 6.67 Å². The fourth-order valence-electron chi connectivity index (χ4n) is 2.86. The minimum Gasteiger partial charge on any atom is -1.00 e. The van der Waals surface area contributed by atoms with Gasteiger partial charge in [-0.05, 0) is 18.2 Å². The van der Waals surface area contributed by atoms with Gasteiger partial charge < -0.3 is 12.4 Å². The molecule has 0 radical (unpaired) electrons. The molecule has 2 aromatic carbocycles. The molecule has 2 aliphatic rings. The zero-order valence-electron chi connectivity index (χ0n) is 11.0. The number of fused-ring (bicyclic) bond motifs is 6. The second-order valence-electron chi connectivity index (χ2n) is 4.96. The second-order valence-corrected chi connectivity index (χ2v) is 7.08. The molecular formula is C16H11ClN2S2. The Morgan fingerprint density at radius 3 is 2.76 bits per heavy atom. The van der Waals surface area contributed by atoms with Crippen LogP contribution in [-0.4, -0.2) is 0 Å². The molecule has 2 nitrogen and oxygen atoms in total. The fourth-order valence-corrected chi connectivity index (χ4v) is 5.12. The maximum Gasteiger partial charge on any atom is 0.267 e. The molecule has 5 heteroatoms. The van der Waals surface area contributed by atoms with Crippen molar-refractivity contribution in [2.24, 2.45) is 0 Å². The van der Waals surface area contributed by atoms with Gasteiger partial charge in [-0.15, -0.1) is 0 Å². The van der Waals surface area contributed by atoms with Crippen molar-refractivity contribution >= 4 is 45.1 Å². The normalized spacial score (nSPS) is 15.0. The number of para-hydroxylation sites is 2. The summed E-state index contributed by atoms with van der Waals surface area (Å²) in [6, 6.07) is 17.3. The van der Waals surface area contributed by atoms with Crippen LogP contribution >= 0.6 is 23.1 Å². The summed E-state index contributed by atoms with van der Waals surface area (Å²) in [4.78, 5) is 3.77. The third kappa shape index (κ3) is 1.83. The molecule has 21 heavy (non-hydrogen) atoms. The number of aromatic nitrogens is 1. The summed E-state index contributed by atoms with van der Waals surface area (Å²) in [7, 11) is 0. The van der Waals surface area contributed by atoms with Gasteiger partial charge in [0.15, 0.2) is 0 Å². The lowest BCUT2D eigenvalue weighted by Gasteiger charge is -2.19. The predicted octanol–water partition coefficient (Wildman–Crippen LogP) is 1.07. The first-order chi connectivity index (χ1) is 9.90. The van der Waals surface area contributed by atoms with E-state index in [1.54, 1.807) is 0 Å². The lowest BCUT2D eigenvalue weighted by molar-refractivity contribution is -0.668. The zero-order chi connectivity index (χ0) is 13.1. The van der Waals surface area contributed by atoms with E-state index in [0.29, 0.717) is 0 Å². The minimum absolute atomic E-state index is 0. The molecule has 3 heterocycles. The topological polar surface area (TPSA) is 7.12 Å². The van der Waals surface area contributed by atoms with E-state index in [-0.39, 0.29) is 12.4 Å². The maximum absolute atomic E-state index is 2.41. The molecule has 0 amide bonds. The first-order valence-corrected chi connectivity index (χ1v) is 8.21. The van der Waals surface area contributed by atoms with Crippen LogP contribution in [0.25, 0.3) is 16.3 Å². The molecule has 5 rings (SSSR count). The molecule has 0 bridgehead atoms. The Balaban J connectivity index is 0.00000115. The smallest absolute Gasteiger partial charge is 0.267 e. The minimum atomic E-state index is 0. The average molecular weight is 331 g/mol. The molecular weight excluding hydrogens is 320 g/mol. The van der Waals surface area contributed by atoms with Crippen molar-refractivity contribution in [3.8, 4) is 0 Å². The third-order valence-corrected chi connectivity index (χ3v) is 6.03. The van der Waals surface area contributed by atoms with Gasteiger partial charge in [0.1, 0.15) is 4.70 Å². The lowest BCUT2D eigenvalue weighted by atomic mass is 10.3. The Morgan fingerprint density at radius 1 is 1.00 bits per heavy atom. The van der Waals surface area contributed by atoms with Crippen molar-refractivity contribution in [1.82, 2.24) is 0 Å². The first kappa shape index (κ1) is 13.2. The van der Waals surface area contributed by atoms with Crippen LogP contribution in [0.3, 0.4) is 0 Å². The molecule has 0 unspecified atom stereocenters. The summed E-state index contributed by atoms with van der Waals surface area (Å²) >= 11 is 3.75. The Kier molecular flexibility index (Phi) is 2.99. The Morgan fingerprint density at radius 2 is 1.81 bits per heavy atom. The van der Waals surface area contributed by atoms with Crippen LogP contribution in [0.1, 0.15) is 5.01 Å². The molecule has 0 saturated carbocycles. The third-order valence-electron chi connectivity index (χ3n) is 3.80. The number of hydrogen-bond acceptors (Lipinski definition) is 3. The quantitative estimate of drug-likeness (QED) is 0.569. The summed E-state index contributed by atoms with van der Waals surface area (Å²) in [5.74, 6) is 0. The maximum atomic E-state index is 2.41. The highest BCUT2D eigenvalue weighted by Crippen LogP contribution is 2.47. The number of thiazole rings is 1. The summed E-state index contributed by atoms with van der Waals surface area (Å²) in [6.07, 6.45) is 2.32. The number of thioether (sulfide) groups is 1. The van der Waals surface area contributed by atoms with E-state index >= 15 is 0 Å². The monoisotopic (exact) mass is 330 g/mol. The van der Waals surface area contributed by atoms with Crippen molar-refractivity contribution in [3.05, 3.63) is 58.6 Å². The highest BCUT2D eigenvalue weighted by atomic mass is 35.5. The van der Waals surface area contributed by atoms with E-state index in [1.807, 2.05) is 23.1 Å². The van der Waals surface area contributed by atoms with E-state index in [1.165, 1.54) is 30.8 Å². The second kappa shape index (κ2) is 4.77. The van der Waals surface area contributed by atoms with E-state index in [2.05, 4.69) is 64.1 Å². The van der Waals surface area contributed by atoms with Gasteiger partial charge in [0.25, 0.3) is 5.01 Å². The van der Waals surface area contributed by atoms with Crippen molar-refractivity contribution in [2.45, 2.75) is 11.6 Å². The standard InChI is InChI=1S/C16H11N2S2.ClH/c1-3-7-13-11(5-1)17-10-18-12-6-2-4-8-14(12)20-16(18)9-15(17)19-13;/h1-9H,10H2;1H/q+1;/p-1. The van der Waals surface area contributed by atoms with Crippen molar-refractivity contribution < 1.29 is 17.0 Å². The SMILES string of the molecule is C1=C2Sc3ccccc3N2C[n+]2c1sc1ccccc12.[Cl-]. The van der Waals surface area contributed by atoms with Gasteiger partial charge in [-0.25, -0.2) is 0 Å². The van der Waals surface area contributed by atoms with Gasteiger partial charge in [-0.3, -0.25) is 4.90 Å². The predicted molar refractivity (Wildman–Crippen MR) is 84.8 cm³/mol. The van der Waals surface area contributed by atoms with Crippen molar-refractivity contribution in [2.75, 3.05) is 4.90 Å². The molecule has 0 saturated heterocycles. The van der Waals surface area contributed by atoms with Crippen LogP contribution in [0, 0.1) is 0 Å². The fraction of sp³-hybridized carbons (Fsp3) is 0.0625. The summed E-state index contributed by atoms with van der Waals surface area (Å²) in [5.41, 5.74) is 2.66. The van der Waals surface area contributed by atoms with Crippen LogP contribution in [0.4, 0.5) is 5.69 Å². The van der Waals surface area contributed by atoms with Gasteiger partial charge >= 0.3 is 0 Å². The number of benzene rings is 2. The lowest BCUT2D eigenvalue weighted by Crippen LogP contribution is -3.00. The summed E-state index contributed by atoms with van der Waals surface area (Å²) < 4.78 is 3.77. The van der Waals surface area contributed by atoms with Crippen LogP contribution < -0.4 is 21.9 Å². The number of rotatable bonds is 0. The summed E-state index contributed by atoms with van der Waals surface area (Å²) in [6.45, 7) is 0.912. The Labute approximate surface area is 137 Å². The van der Waals surface area contributed by atoms with E-state index < -0.39 is 0 Å². The van der Waals surface area contributed by atoms with Crippen molar-refractivity contribution in [1.29, 1.82) is 0 Å². The highest BCUT2D eigenvalue weighted by molar-refractivity contribution is 8.03. The Bertz CT molecular complexity index is 885. The van der Waals surface area contributed by atoms with Gasteiger partial charge in [-0.2, -0.15) is 4.57 Å². The Hall–Kier alpha value is -1.49. The number of halogens is 1. The number of nitrogens with zero attached hydrogens (tertiary/aromatic N) is 2. The number of anilines is 1. The van der Waals surface area contributed by atoms with Crippen LogP contribution in [0.5, 0.6) is 0 Å². The highest BCUT2D eigenvalue weighted by Gasteiger charge is 2.34. The largest absolute Gasteiger partial charge is 1.00 e. The molecule has 0 fully saturated rings. The molecule has 0 N–H and O–H groups in total. The number of hydrogen-bond donors (Lipinski definition) is 0.